The van der Waals surface area contributed by atoms with Gasteiger partial charge in [-0.1, -0.05) is 13.8 Å². The molecule has 1 aromatic rings. The van der Waals surface area contributed by atoms with E-state index < -0.39 is 0 Å². The molecule has 0 fully saturated rings. The Balaban J connectivity index is 2.64. The fourth-order valence-electron chi connectivity index (χ4n) is 0.749. The molecule has 0 aliphatic heterocycles. The normalized spacial score (nSPS) is 12.9. The molecule has 1 unspecified atom stereocenters. The molecule has 0 aliphatic rings. The second-order valence-electron chi connectivity index (χ2n) is 3.32. The SMILES string of the molecule is CC(C)C(C)Oc1ccnc(N)n1. The highest BCUT2D eigenvalue weighted by Crippen LogP contribution is 2.12. The minimum absolute atomic E-state index is 0.134. The first-order valence-corrected chi connectivity index (χ1v) is 4.34. The van der Waals surface area contributed by atoms with E-state index in [2.05, 4.69) is 23.8 Å². The molecule has 4 nitrogen and oxygen atoms in total. The third-order valence-corrected chi connectivity index (χ3v) is 1.89. The summed E-state index contributed by atoms with van der Waals surface area (Å²) in [6, 6.07) is 1.70. The van der Waals surface area contributed by atoms with Gasteiger partial charge in [-0.2, -0.15) is 4.98 Å². The molecule has 1 atom stereocenters. The van der Waals surface area contributed by atoms with E-state index in [1.807, 2.05) is 6.92 Å². The van der Waals surface area contributed by atoms with E-state index in [0.29, 0.717) is 11.8 Å². The molecule has 13 heavy (non-hydrogen) atoms. The molecule has 0 amide bonds. The molecule has 0 saturated heterocycles. The Kier molecular flexibility index (Phi) is 3.06. The average Bonchev–Trinajstić information content (AvgIpc) is 2.04. The van der Waals surface area contributed by atoms with Crippen molar-refractivity contribution < 1.29 is 4.74 Å². The van der Waals surface area contributed by atoms with E-state index in [1.54, 1.807) is 12.3 Å². The van der Waals surface area contributed by atoms with Crippen LogP contribution in [0.5, 0.6) is 5.88 Å². The number of ether oxygens (including phenoxy) is 1. The highest BCUT2D eigenvalue weighted by Gasteiger charge is 2.09. The molecule has 0 bridgehead atoms. The standard InChI is InChI=1S/C9H15N3O/c1-6(2)7(3)13-8-4-5-11-9(10)12-8/h4-7H,1-3H3,(H2,10,11,12). The van der Waals surface area contributed by atoms with Gasteiger partial charge >= 0.3 is 0 Å². The summed E-state index contributed by atoms with van der Waals surface area (Å²) in [7, 11) is 0. The predicted octanol–water partition coefficient (Wildman–Crippen LogP) is 1.48. The highest BCUT2D eigenvalue weighted by molar-refractivity contribution is 5.20. The number of nitrogens with two attached hydrogens (primary N) is 1. The van der Waals surface area contributed by atoms with Gasteiger partial charge in [-0.3, -0.25) is 0 Å². The van der Waals surface area contributed by atoms with Crippen LogP contribution >= 0.6 is 0 Å². The lowest BCUT2D eigenvalue weighted by Crippen LogP contribution is -2.19. The van der Waals surface area contributed by atoms with Crippen LogP contribution in [0.15, 0.2) is 12.3 Å². The van der Waals surface area contributed by atoms with E-state index >= 15 is 0 Å². The zero-order valence-corrected chi connectivity index (χ0v) is 8.19. The summed E-state index contributed by atoms with van der Waals surface area (Å²) < 4.78 is 5.53. The number of rotatable bonds is 3. The van der Waals surface area contributed by atoms with Crippen molar-refractivity contribution in [2.24, 2.45) is 5.92 Å². The fraction of sp³-hybridized carbons (Fsp3) is 0.556. The van der Waals surface area contributed by atoms with E-state index in [-0.39, 0.29) is 12.1 Å². The lowest BCUT2D eigenvalue weighted by Gasteiger charge is -2.16. The molecule has 0 aliphatic carbocycles. The second-order valence-corrected chi connectivity index (χ2v) is 3.32. The van der Waals surface area contributed by atoms with Gasteiger partial charge in [-0.25, -0.2) is 4.98 Å². The largest absolute Gasteiger partial charge is 0.474 e. The fourth-order valence-corrected chi connectivity index (χ4v) is 0.749. The molecule has 0 spiro atoms. The summed E-state index contributed by atoms with van der Waals surface area (Å²) in [6.45, 7) is 6.19. The minimum Gasteiger partial charge on any atom is -0.474 e. The summed E-state index contributed by atoms with van der Waals surface area (Å²) in [4.78, 5) is 7.72. The Morgan fingerprint density at radius 1 is 1.38 bits per heavy atom. The zero-order valence-electron chi connectivity index (χ0n) is 8.19. The molecular formula is C9H15N3O. The monoisotopic (exact) mass is 181 g/mol. The summed E-state index contributed by atoms with van der Waals surface area (Å²) in [6.07, 6.45) is 1.72. The number of nitrogen functional groups attached to an aromatic ring is 1. The van der Waals surface area contributed by atoms with Crippen LogP contribution in [0.4, 0.5) is 5.95 Å². The van der Waals surface area contributed by atoms with Crippen LogP contribution < -0.4 is 10.5 Å². The molecule has 1 aromatic heterocycles. The van der Waals surface area contributed by atoms with Crippen molar-refractivity contribution >= 4 is 5.95 Å². The van der Waals surface area contributed by atoms with Gasteiger partial charge in [0.1, 0.15) is 0 Å². The van der Waals surface area contributed by atoms with Crippen LogP contribution in [0.3, 0.4) is 0 Å². The van der Waals surface area contributed by atoms with Gasteiger partial charge in [0.15, 0.2) is 0 Å². The van der Waals surface area contributed by atoms with Crippen molar-refractivity contribution in [3.63, 3.8) is 0 Å². The van der Waals surface area contributed by atoms with Crippen LogP contribution in [-0.4, -0.2) is 16.1 Å². The van der Waals surface area contributed by atoms with E-state index in [1.165, 1.54) is 0 Å². The van der Waals surface area contributed by atoms with E-state index in [4.69, 9.17) is 10.5 Å². The summed E-state index contributed by atoms with van der Waals surface area (Å²) in [5, 5.41) is 0. The molecule has 0 saturated carbocycles. The molecule has 1 heterocycles. The van der Waals surface area contributed by atoms with E-state index in [9.17, 15) is 0 Å². The van der Waals surface area contributed by atoms with Crippen LogP contribution in [0.1, 0.15) is 20.8 Å². The molecule has 1 rings (SSSR count). The Morgan fingerprint density at radius 3 is 2.62 bits per heavy atom. The predicted molar refractivity (Wildman–Crippen MR) is 51.4 cm³/mol. The van der Waals surface area contributed by atoms with Gasteiger partial charge < -0.3 is 10.5 Å². The molecule has 4 heteroatoms. The van der Waals surface area contributed by atoms with Crippen molar-refractivity contribution in [1.29, 1.82) is 0 Å². The lowest BCUT2D eigenvalue weighted by atomic mass is 10.1. The number of hydrogen-bond acceptors (Lipinski definition) is 4. The number of nitrogens with zero attached hydrogens (tertiary/aromatic N) is 2. The van der Waals surface area contributed by atoms with Gasteiger partial charge in [0.25, 0.3) is 0 Å². The Labute approximate surface area is 78.1 Å². The summed E-state index contributed by atoms with van der Waals surface area (Å²) in [5.41, 5.74) is 5.41. The molecule has 2 N–H and O–H groups in total. The number of anilines is 1. The third-order valence-electron chi connectivity index (χ3n) is 1.89. The van der Waals surface area contributed by atoms with Crippen LogP contribution in [0.2, 0.25) is 0 Å². The van der Waals surface area contributed by atoms with Gasteiger partial charge in [0, 0.05) is 12.3 Å². The van der Waals surface area contributed by atoms with Gasteiger partial charge in [-0.15, -0.1) is 0 Å². The molecule has 0 radical (unpaired) electrons. The van der Waals surface area contributed by atoms with Crippen LogP contribution in [-0.2, 0) is 0 Å². The number of hydrogen-bond donors (Lipinski definition) is 1. The van der Waals surface area contributed by atoms with Crippen molar-refractivity contribution in [3.05, 3.63) is 12.3 Å². The van der Waals surface area contributed by atoms with Crippen molar-refractivity contribution in [2.75, 3.05) is 5.73 Å². The summed E-state index contributed by atoms with van der Waals surface area (Å²) in [5.74, 6) is 1.23. The number of aromatic nitrogens is 2. The first-order chi connectivity index (χ1) is 6.09. The van der Waals surface area contributed by atoms with Crippen molar-refractivity contribution in [1.82, 2.24) is 9.97 Å². The molecule has 0 aromatic carbocycles. The van der Waals surface area contributed by atoms with Gasteiger partial charge in [0.05, 0.1) is 6.10 Å². The average molecular weight is 181 g/mol. The highest BCUT2D eigenvalue weighted by atomic mass is 16.5. The zero-order chi connectivity index (χ0) is 9.84. The topological polar surface area (TPSA) is 61.0 Å². The van der Waals surface area contributed by atoms with Crippen LogP contribution in [0, 0.1) is 5.92 Å². The first kappa shape index (κ1) is 9.77. The van der Waals surface area contributed by atoms with Crippen LogP contribution in [0.25, 0.3) is 0 Å². The molecular weight excluding hydrogens is 166 g/mol. The maximum atomic E-state index is 5.53. The maximum Gasteiger partial charge on any atom is 0.223 e. The smallest absolute Gasteiger partial charge is 0.223 e. The summed E-state index contributed by atoms with van der Waals surface area (Å²) >= 11 is 0. The van der Waals surface area contributed by atoms with Gasteiger partial charge in [0.2, 0.25) is 11.8 Å². The minimum atomic E-state index is 0.134. The quantitative estimate of drug-likeness (QED) is 0.767. The molecule has 72 valence electrons. The van der Waals surface area contributed by atoms with Crippen molar-refractivity contribution in [2.45, 2.75) is 26.9 Å². The second kappa shape index (κ2) is 4.07. The Morgan fingerprint density at radius 2 is 2.08 bits per heavy atom. The van der Waals surface area contributed by atoms with Crippen molar-refractivity contribution in [3.8, 4) is 5.88 Å². The maximum absolute atomic E-state index is 5.53. The lowest BCUT2D eigenvalue weighted by molar-refractivity contribution is 0.163. The Bertz CT molecular complexity index is 275. The third kappa shape index (κ3) is 2.89. The first-order valence-electron chi connectivity index (χ1n) is 4.34. The Hall–Kier alpha value is -1.32. The van der Waals surface area contributed by atoms with Gasteiger partial charge in [-0.05, 0) is 12.8 Å². The van der Waals surface area contributed by atoms with E-state index in [0.717, 1.165) is 0 Å².